The minimum atomic E-state index is -1.34. The van der Waals surface area contributed by atoms with Crippen LogP contribution in [-0.4, -0.2) is 165 Å². The van der Waals surface area contributed by atoms with E-state index in [0.717, 1.165) is 11.1 Å². The number of carboxylic acids is 4. The van der Waals surface area contributed by atoms with Gasteiger partial charge in [-0.05, 0) is 24.0 Å². The van der Waals surface area contributed by atoms with E-state index in [9.17, 15) is 49.2 Å². The van der Waals surface area contributed by atoms with Gasteiger partial charge in [0.25, 0.3) is 0 Å². The van der Waals surface area contributed by atoms with Crippen LogP contribution in [0, 0.1) is 0 Å². The number of benzene rings is 2. The molecule has 1 unspecified atom stereocenters. The summed E-state index contributed by atoms with van der Waals surface area (Å²) in [5.74, 6) is -5.67. The second-order valence-corrected chi connectivity index (χ2v) is 12.2. The van der Waals surface area contributed by atoms with Crippen molar-refractivity contribution in [2.24, 2.45) is 0 Å². The molecule has 2 N–H and O–H groups in total. The zero-order valence-corrected chi connectivity index (χ0v) is 31.0. The monoisotopic (exact) mass is 763 g/mol. The van der Waals surface area contributed by atoms with Crippen LogP contribution < -0.4 is 20.6 Å². The summed E-state index contributed by atoms with van der Waals surface area (Å²) in [6.07, 6.45) is 0.398. The largest absolute Gasteiger partial charge is 3.00 e. The van der Waals surface area contributed by atoms with Crippen molar-refractivity contribution in [1.29, 1.82) is 0 Å². The van der Waals surface area contributed by atoms with E-state index in [1.54, 1.807) is 17.0 Å². The number of carboxylic acid groups (broad SMARTS) is 4. The van der Waals surface area contributed by atoms with E-state index in [1.165, 1.54) is 14.7 Å². The Morgan fingerprint density at radius 2 is 1.10 bits per heavy atom. The van der Waals surface area contributed by atoms with Gasteiger partial charge in [-0.1, -0.05) is 54.6 Å². The third-order valence-corrected chi connectivity index (χ3v) is 8.53. The summed E-state index contributed by atoms with van der Waals surface area (Å²) in [6.45, 7) is -0.113. The van der Waals surface area contributed by atoms with Gasteiger partial charge >= 0.3 is 25.8 Å². The van der Waals surface area contributed by atoms with E-state index >= 15 is 0 Å². The zero-order valence-electron chi connectivity index (χ0n) is 28.6. The average molecular weight is 764 g/mol. The average Bonchev–Trinajstić information content (AvgIpc) is 3.07. The molecule has 0 aliphatic carbocycles. The first-order chi connectivity index (χ1) is 23.9. The minimum absolute atomic E-state index is 0. The maximum absolute atomic E-state index is 12.7. The number of rotatable bonds is 17. The number of ketones is 1. The summed E-state index contributed by atoms with van der Waals surface area (Å²) in [6, 6.07) is 15.9. The summed E-state index contributed by atoms with van der Waals surface area (Å²) < 4.78 is 0. The summed E-state index contributed by atoms with van der Waals surface area (Å²) in [5, 5.41) is 47.0. The summed E-state index contributed by atoms with van der Waals surface area (Å²) in [5.41, 5.74) is 2.50. The van der Waals surface area contributed by atoms with E-state index in [4.69, 9.17) is 0 Å². The van der Waals surface area contributed by atoms with Crippen molar-refractivity contribution in [1.82, 2.24) is 24.9 Å². The first-order valence-corrected chi connectivity index (χ1v) is 16.6. The van der Waals surface area contributed by atoms with Gasteiger partial charge in [0, 0.05) is 96.9 Å². The van der Waals surface area contributed by atoms with Crippen LogP contribution in [0.2, 0.25) is 0 Å². The van der Waals surface area contributed by atoms with E-state index in [1.807, 2.05) is 42.5 Å². The van der Waals surface area contributed by atoms with Gasteiger partial charge in [0.1, 0.15) is 6.04 Å². The van der Waals surface area contributed by atoms with Gasteiger partial charge in [-0.3, -0.25) is 34.0 Å². The van der Waals surface area contributed by atoms with Crippen LogP contribution in [-0.2, 0) is 24.0 Å². The van der Waals surface area contributed by atoms with Crippen molar-refractivity contribution in [3.05, 3.63) is 60.2 Å². The van der Waals surface area contributed by atoms with Crippen LogP contribution in [0.15, 0.2) is 54.6 Å². The number of aliphatic carboxylic acids is 4. The SMILES string of the molecule is O=C([O-])CN1CCN(CC(=O)[O-])CCN(C(CCCNC(=O)CCC(=O)c2ccc(-c3ccccc3)cc2)C(=O)O)CCN(CC(=O)[O-])CC1.[Ga+3]. The Morgan fingerprint density at radius 1 is 0.647 bits per heavy atom. The van der Waals surface area contributed by atoms with Crippen molar-refractivity contribution in [2.45, 2.75) is 31.7 Å². The topological polar surface area (TPSA) is 217 Å². The molecule has 0 spiro atoms. The molecular formula is C35H44GaN5O10. The molecule has 16 heteroatoms. The first-order valence-electron chi connectivity index (χ1n) is 16.6. The molecule has 1 heterocycles. The Balaban J connectivity index is 0.00000901. The maximum Gasteiger partial charge on any atom is 3.00 e. The number of hydrogen-bond donors (Lipinski definition) is 2. The molecule has 1 amide bonds. The second-order valence-electron chi connectivity index (χ2n) is 12.2. The fraction of sp³-hybridized carbons (Fsp3) is 0.486. The number of nitrogens with one attached hydrogen (secondary N) is 1. The van der Waals surface area contributed by atoms with Crippen molar-refractivity contribution in [2.75, 3.05) is 78.5 Å². The van der Waals surface area contributed by atoms with Crippen LogP contribution in [0.4, 0.5) is 0 Å². The Bertz CT molecular complexity index is 1410. The minimum Gasteiger partial charge on any atom is -0.549 e. The zero-order chi connectivity index (χ0) is 36.5. The van der Waals surface area contributed by atoms with E-state index in [0.29, 0.717) is 5.56 Å². The molecule has 0 bridgehead atoms. The summed E-state index contributed by atoms with van der Waals surface area (Å²) in [7, 11) is 0. The molecule has 1 fully saturated rings. The van der Waals surface area contributed by atoms with E-state index < -0.39 is 49.6 Å². The fourth-order valence-electron chi connectivity index (χ4n) is 5.81. The number of Topliss-reactive ketones (excluding diaryl/α,β-unsaturated/α-hetero) is 1. The maximum atomic E-state index is 12.7. The molecule has 3 rings (SSSR count). The molecule has 1 atom stereocenters. The Kier molecular flexibility index (Phi) is 19.2. The second kappa shape index (κ2) is 22.7. The molecule has 272 valence electrons. The van der Waals surface area contributed by atoms with Crippen LogP contribution >= 0.6 is 0 Å². The predicted molar refractivity (Wildman–Crippen MR) is 181 cm³/mol. The Hall–Kier alpha value is -4.06. The Morgan fingerprint density at radius 3 is 1.55 bits per heavy atom. The van der Waals surface area contributed by atoms with Crippen LogP contribution in [0.1, 0.15) is 36.0 Å². The quantitative estimate of drug-likeness (QED) is 0.0920. The van der Waals surface area contributed by atoms with Crippen LogP contribution in [0.5, 0.6) is 0 Å². The van der Waals surface area contributed by atoms with Crippen LogP contribution in [0.25, 0.3) is 11.1 Å². The molecule has 0 saturated carbocycles. The van der Waals surface area contributed by atoms with E-state index in [2.05, 4.69) is 5.32 Å². The van der Waals surface area contributed by atoms with Crippen molar-refractivity contribution in [3.8, 4) is 11.1 Å². The molecule has 1 aliphatic heterocycles. The third-order valence-electron chi connectivity index (χ3n) is 8.53. The standard InChI is InChI=1S/C35H47N5O10.Ga/c41-30(28-10-8-27(9-11-28)26-5-2-1-3-6-26)12-13-31(42)36-14-4-7-29(35(49)50)40-21-19-38(24-33(45)46)17-15-37(23-32(43)44)16-18-39(20-22-40)25-34(47)48;/h1-3,5-6,8-11,29H,4,7,12-25H2,(H,36,42)(H,43,44)(H,45,46)(H,47,48)(H,49,50);/q;+3/p-3. The molecule has 1 aliphatic rings. The number of amides is 1. The van der Waals surface area contributed by atoms with Gasteiger partial charge in [-0.2, -0.15) is 0 Å². The third kappa shape index (κ3) is 16.2. The number of nitrogens with zero attached hydrogens (tertiary/aromatic N) is 4. The number of carbonyl (C=O) groups excluding carboxylic acids is 5. The van der Waals surface area contributed by atoms with Gasteiger partial charge in [-0.15, -0.1) is 0 Å². The Labute approximate surface area is 310 Å². The fourth-order valence-corrected chi connectivity index (χ4v) is 5.81. The molecule has 2 aromatic rings. The van der Waals surface area contributed by atoms with Crippen molar-refractivity contribution < 1.29 is 49.2 Å². The first kappa shape index (κ1) is 43.1. The molecule has 2 aromatic carbocycles. The van der Waals surface area contributed by atoms with Gasteiger partial charge in [0.15, 0.2) is 5.78 Å². The summed E-state index contributed by atoms with van der Waals surface area (Å²) >= 11 is 0. The smallest absolute Gasteiger partial charge is 0.549 e. The van der Waals surface area contributed by atoms with Crippen molar-refractivity contribution in [3.63, 3.8) is 0 Å². The van der Waals surface area contributed by atoms with Gasteiger partial charge in [0.05, 0.1) is 17.9 Å². The number of carbonyl (C=O) groups is 6. The molecule has 1 saturated heterocycles. The molecule has 15 nitrogen and oxygen atoms in total. The van der Waals surface area contributed by atoms with E-state index in [-0.39, 0.29) is 116 Å². The number of hydrogen-bond acceptors (Lipinski definition) is 13. The predicted octanol–water partition coefficient (Wildman–Crippen LogP) is -3.24. The van der Waals surface area contributed by atoms with Crippen LogP contribution in [0.3, 0.4) is 0 Å². The van der Waals surface area contributed by atoms with Gasteiger partial charge in [-0.25, -0.2) is 0 Å². The molecule has 0 aromatic heterocycles. The molecular weight excluding hydrogens is 720 g/mol. The van der Waals surface area contributed by atoms with Crippen molar-refractivity contribution >= 4 is 55.4 Å². The molecule has 51 heavy (non-hydrogen) atoms. The normalized spacial score (nSPS) is 16.1. The van der Waals surface area contributed by atoms with Gasteiger partial charge in [0.2, 0.25) is 5.91 Å². The summed E-state index contributed by atoms with van der Waals surface area (Å²) in [4.78, 5) is 77.9. The van der Waals surface area contributed by atoms with Gasteiger partial charge < -0.3 is 40.1 Å². The molecule has 0 radical (unpaired) electrons.